The predicted molar refractivity (Wildman–Crippen MR) is 131 cm³/mol. The van der Waals surface area contributed by atoms with Crippen molar-refractivity contribution in [2.24, 2.45) is 0 Å². The van der Waals surface area contributed by atoms with Crippen LogP contribution in [-0.4, -0.2) is 42.5 Å². The second-order valence-electron chi connectivity index (χ2n) is 9.08. The average molecular weight is 448 g/mol. The first-order valence-electron chi connectivity index (χ1n) is 11.7. The zero-order valence-electron chi connectivity index (χ0n) is 20.0. The molecular weight excluding hydrogens is 414 g/mol. The smallest absolute Gasteiger partial charge is 0.254 e. The highest BCUT2D eigenvalue weighted by Crippen LogP contribution is 2.37. The lowest BCUT2D eigenvalue weighted by atomic mass is 9.95. The Hall–Kier alpha value is -3.28. The predicted octanol–water partition coefficient (Wildman–Crippen LogP) is 5.10. The number of amides is 2. The van der Waals surface area contributed by atoms with E-state index in [4.69, 9.17) is 4.74 Å². The number of methoxy groups -OCH3 is 1. The van der Waals surface area contributed by atoms with Crippen molar-refractivity contribution in [3.63, 3.8) is 0 Å². The Morgan fingerprint density at radius 1 is 1.06 bits per heavy atom. The third-order valence-corrected chi connectivity index (χ3v) is 6.68. The normalized spacial score (nSPS) is 14.3. The number of carbonyl (C=O) groups excluding carboxylic acids is 2. The highest BCUT2D eigenvalue weighted by Gasteiger charge is 2.25. The zero-order valence-corrected chi connectivity index (χ0v) is 20.0. The van der Waals surface area contributed by atoms with Gasteiger partial charge in [0.15, 0.2) is 0 Å². The minimum Gasteiger partial charge on any atom is -0.497 e. The van der Waals surface area contributed by atoms with Crippen molar-refractivity contribution in [3.05, 3.63) is 64.8 Å². The highest BCUT2D eigenvalue weighted by atomic mass is 16.5. The molecule has 0 unspecified atom stereocenters. The molecule has 1 heterocycles. The topological polar surface area (TPSA) is 63.6 Å². The summed E-state index contributed by atoms with van der Waals surface area (Å²) in [5.41, 5.74) is 4.40. The van der Waals surface area contributed by atoms with Gasteiger partial charge >= 0.3 is 0 Å². The van der Waals surface area contributed by atoms with E-state index in [2.05, 4.69) is 22.9 Å². The third-order valence-electron chi connectivity index (χ3n) is 6.68. The molecule has 0 saturated heterocycles. The van der Waals surface area contributed by atoms with Crippen LogP contribution in [0.2, 0.25) is 0 Å². The molecule has 0 aliphatic heterocycles. The van der Waals surface area contributed by atoms with Gasteiger partial charge in [0.05, 0.1) is 12.7 Å². The molecule has 3 aromatic rings. The molecule has 0 spiro atoms. The van der Waals surface area contributed by atoms with E-state index in [1.807, 2.05) is 24.3 Å². The van der Waals surface area contributed by atoms with Gasteiger partial charge in [0.25, 0.3) is 11.8 Å². The second kappa shape index (κ2) is 9.69. The molecule has 174 valence electrons. The summed E-state index contributed by atoms with van der Waals surface area (Å²) in [7, 11) is 5.12. The summed E-state index contributed by atoms with van der Waals surface area (Å²) >= 11 is 0. The Labute approximate surface area is 195 Å². The molecule has 1 saturated carbocycles. The maximum Gasteiger partial charge on any atom is 0.254 e. The van der Waals surface area contributed by atoms with Crippen LogP contribution in [0.1, 0.15) is 70.1 Å². The third kappa shape index (κ3) is 4.61. The molecule has 1 fully saturated rings. The molecule has 1 aromatic heterocycles. The Morgan fingerprint density at radius 3 is 2.39 bits per heavy atom. The molecule has 4 rings (SSSR count). The Bertz CT molecular complexity index is 1160. The molecule has 0 bridgehead atoms. The maximum absolute atomic E-state index is 13.4. The number of nitrogens with one attached hydrogen (secondary N) is 1. The summed E-state index contributed by atoms with van der Waals surface area (Å²) in [6.07, 6.45) is 6.04. The van der Waals surface area contributed by atoms with E-state index in [-0.39, 0.29) is 11.8 Å². The first kappa shape index (κ1) is 22.9. The van der Waals surface area contributed by atoms with Crippen molar-refractivity contribution in [2.75, 3.05) is 21.2 Å². The summed E-state index contributed by atoms with van der Waals surface area (Å²) in [5, 5.41) is 4.02. The van der Waals surface area contributed by atoms with E-state index < -0.39 is 0 Å². The van der Waals surface area contributed by atoms with Gasteiger partial charge < -0.3 is 19.5 Å². The van der Waals surface area contributed by atoms with Crippen LogP contribution in [0.15, 0.2) is 42.5 Å². The van der Waals surface area contributed by atoms with E-state index in [1.54, 1.807) is 38.2 Å². The first-order valence-corrected chi connectivity index (χ1v) is 11.7. The van der Waals surface area contributed by atoms with Gasteiger partial charge in [-0.15, -0.1) is 0 Å². The minimum absolute atomic E-state index is 0.0364. The lowest BCUT2D eigenvalue weighted by molar-refractivity contribution is 0.0827. The van der Waals surface area contributed by atoms with Gasteiger partial charge in [-0.1, -0.05) is 31.4 Å². The summed E-state index contributed by atoms with van der Waals surface area (Å²) in [5.74, 6) is 0.623. The Balaban J connectivity index is 1.61. The summed E-state index contributed by atoms with van der Waals surface area (Å²) < 4.78 is 7.82. The number of hydrogen-bond acceptors (Lipinski definition) is 3. The number of fused-ring (bicyclic) bond motifs is 1. The summed E-state index contributed by atoms with van der Waals surface area (Å²) in [6.45, 7) is 2.45. The van der Waals surface area contributed by atoms with E-state index in [0.717, 1.165) is 40.8 Å². The zero-order chi connectivity index (χ0) is 23.5. The molecule has 0 atom stereocenters. The number of hydrogen-bond donors (Lipinski definition) is 1. The lowest BCUT2D eigenvalue weighted by Gasteiger charge is -2.26. The first-order chi connectivity index (χ1) is 15.9. The Kier molecular flexibility index (Phi) is 6.72. The molecule has 1 N–H and O–H groups in total. The number of aromatic nitrogens is 1. The van der Waals surface area contributed by atoms with Crippen LogP contribution in [0, 0.1) is 6.92 Å². The van der Waals surface area contributed by atoms with Gasteiger partial charge in [0.2, 0.25) is 0 Å². The molecule has 2 amide bonds. The maximum atomic E-state index is 13.4. The van der Waals surface area contributed by atoms with Crippen molar-refractivity contribution >= 4 is 22.7 Å². The number of carbonyl (C=O) groups is 2. The molecule has 0 radical (unpaired) electrons. The van der Waals surface area contributed by atoms with Gasteiger partial charge in [0, 0.05) is 48.8 Å². The average Bonchev–Trinajstić information content (AvgIpc) is 3.13. The van der Waals surface area contributed by atoms with Crippen LogP contribution >= 0.6 is 0 Å². The van der Waals surface area contributed by atoms with Crippen LogP contribution in [0.5, 0.6) is 5.75 Å². The highest BCUT2D eigenvalue weighted by molar-refractivity contribution is 6.08. The fourth-order valence-corrected chi connectivity index (χ4v) is 4.94. The molecule has 1 aliphatic rings. The van der Waals surface area contributed by atoms with Crippen LogP contribution < -0.4 is 10.1 Å². The van der Waals surface area contributed by atoms with Crippen LogP contribution in [0.25, 0.3) is 10.9 Å². The molecule has 6 nitrogen and oxygen atoms in total. The number of rotatable bonds is 6. The SMILES string of the molecule is COc1ccc2c(c1)c(C(=O)NCc1ccc(C(=O)N(C)C)cc1)c(C)n2C1CCCCC1. The molecule has 1 aliphatic carbocycles. The molecule has 2 aromatic carbocycles. The van der Waals surface area contributed by atoms with Crippen molar-refractivity contribution < 1.29 is 14.3 Å². The van der Waals surface area contributed by atoms with E-state index in [0.29, 0.717) is 23.7 Å². The Morgan fingerprint density at radius 2 is 1.76 bits per heavy atom. The van der Waals surface area contributed by atoms with Gasteiger partial charge in [0.1, 0.15) is 5.75 Å². The van der Waals surface area contributed by atoms with E-state index in [1.165, 1.54) is 19.3 Å². The summed E-state index contributed by atoms with van der Waals surface area (Å²) in [4.78, 5) is 27.0. The molecule has 6 heteroatoms. The van der Waals surface area contributed by atoms with Crippen molar-refractivity contribution in [1.29, 1.82) is 0 Å². The number of nitrogens with zero attached hydrogens (tertiary/aromatic N) is 2. The van der Waals surface area contributed by atoms with Crippen LogP contribution in [0.4, 0.5) is 0 Å². The molecule has 33 heavy (non-hydrogen) atoms. The monoisotopic (exact) mass is 447 g/mol. The lowest BCUT2D eigenvalue weighted by Crippen LogP contribution is -2.24. The fraction of sp³-hybridized carbons (Fsp3) is 0.407. The molecular formula is C27H33N3O3. The van der Waals surface area contributed by atoms with Gasteiger partial charge in [-0.3, -0.25) is 9.59 Å². The fourth-order valence-electron chi connectivity index (χ4n) is 4.94. The standard InChI is InChI=1S/C27H33N3O3/c1-18-25(26(31)28-17-19-10-12-20(13-11-19)27(32)29(2)3)23-16-22(33-4)14-15-24(23)30(18)21-8-6-5-7-9-21/h10-16,21H,5-9,17H2,1-4H3,(H,28,31). The van der Waals surface area contributed by atoms with Gasteiger partial charge in [-0.05, 0) is 55.7 Å². The van der Waals surface area contributed by atoms with E-state index >= 15 is 0 Å². The van der Waals surface area contributed by atoms with Crippen molar-refractivity contribution in [2.45, 2.75) is 51.6 Å². The number of ether oxygens (including phenoxy) is 1. The second-order valence-corrected chi connectivity index (χ2v) is 9.08. The van der Waals surface area contributed by atoms with Crippen molar-refractivity contribution in [1.82, 2.24) is 14.8 Å². The number of benzene rings is 2. The quantitative estimate of drug-likeness (QED) is 0.572. The van der Waals surface area contributed by atoms with Gasteiger partial charge in [-0.2, -0.15) is 0 Å². The van der Waals surface area contributed by atoms with Crippen LogP contribution in [0.3, 0.4) is 0 Å². The van der Waals surface area contributed by atoms with Crippen molar-refractivity contribution in [3.8, 4) is 5.75 Å². The summed E-state index contributed by atoms with van der Waals surface area (Å²) in [6, 6.07) is 13.8. The van der Waals surface area contributed by atoms with Crippen LogP contribution in [-0.2, 0) is 6.54 Å². The largest absolute Gasteiger partial charge is 0.497 e. The minimum atomic E-state index is -0.0891. The van der Waals surface area contributed by atoms with E-state index in [9.17, 15) is 9.59 Å². The van der Waals surface area contributed by atoms with Gasteiger partial charge in [-0.25, -0.2) is 0 Å².